The Morgan fingerprint density at radius 3 is 2.50 bits per heavy atom. The molecule has 0 saturated heterocycles. The van der Waals surface area contributed by atoms with Gasteiger partial charge in [0, 0.05) is 18.0 Å². The highest BCUT2D eigenvalue weighted by Gasteiger charge is 2.18. The van der Waals surface area contributed by atoms with Crippen LogP contribution in [-0.2, 0) is 6.54 Å². The summed E-state index contributed by atoms with van der Waals surface area (Å²) in [7, 11) is 2.14. The van der Waals surface area contributed by atoms with E-state index in [1.165, 1.54) is 16.0 Å². The van der Waals surface area contributed by atoms with Crippen LogP contribution in [-0.4, -0.2) is 18.5 Å². The Morgan fingerprint density at radius 1 is 1.22 bits per heavy atom. The van der Waals surface area contributed by atoms with Gasteiger partial charge in [-0.1, -0.05) is 30.3 Å². The van der Waals surface area contributed by atoms with Crippen LogP contribution < -0.4 is 5.73 Å². The van der Waals surface area contributed by atoms with Crippen molar-refractivity contribution in [2.24, 2.45) is 5.73 Å². The summed E-state index contributed by atoms with van der Waals surface area (Å²) in [5.74, 6) is 0. The lowest BCUT2D eigenvalue weighted by atomic mass is 10.1. The molecule has 0 radical (unpaired) electrons. The summed E-state index contributed by atoms with van der Waals surface area (Å²) in [4.78, 5) is 3.71. The van der Waals surface area contributed by atoms with Gasteiger partial charge >= 0.3 is 0 Å². The molecule has 2 aromatic rings. The van der Waals surface area contributed by atoms with Gasteiger partial charge in [0.05, 0.1) is 6.04 Å². The van der Waals surface area contributed by atoms with Crippen molar-refractivity contribution in [2.75, 3.05) is 13.6 Å². The Bertz CT molecular complexity index is 478. The molecule has 0 amide bonds. The maximum atomic E-state index is 5.95. The van der Waals surface area contributed by atoms with Crippen LogP contribution in [0.1, 0.15) is 22.0 Å². The third-order valence-electron chi connectivity index (χ3n) is 3.23. The maximum Gasteiger partial charge on any atom is 0.0567 e. The number of benzene rings is 1. The topological polar surface area (TPSA) is 29.3 Å². The van der Waals surface area contributed by atoms with Crippen molar-refractivity contribution in [3.8, 4) is 0 Å². The van der Waals surface area contributed by atoms with Crippen LogP contribution in [0.5, 0.6) is 0 Å². The first-order valence-corrected chi connectivity index (χ1v) is 7.08. The Morgan fingerprint density at radius 2 is 1.94 bits per heavy atom. The van der Waals surface area contributed by atoms with E-state index in [2.05, 4.69) is 54.6 Å². The molecule has 0 bridgehead atoms. The number of aryl methyl sites for hydroxylation is 1. The SMILES string of the molecule is Cc1ccsc1C(CN)N(C)Cc1ccccc1. The molecule has 96 valence electrons. The molecule has 1 unspecified atom stereocenters. The quantitative estimate of drug-likeness (QED) is 0.894. The van der Waals surface area contributed by atoms with Gasteiger partial charge in [-0.3, -0.25) is 4.90 Å². The number of hydrogen-bond donors (Lipinski definition) is 1. The summed E-state index contributed by atoms with van der Waals surface area (Å²) < 4.78 is 0. The zero-order valence-corrected chi connectivity index (χ0v) is 11.8. The van der Waals surface area contributed by atoms with E-state index in [-0.39, 0.29) is 0 Å². The summed E-state index contributed by atoms with van der Waals surface area (Å²) in [6, 6.07) is 13.0. The van der Waals surface area contributed by atoms with Crippen molar-refractivity contribution in [3.05, 3.63) is 57.8 Å². The summed E-state index contributed by atoms with van der Waals surface area (Å²) in [5.41, 5.74) is 8.62. The molecule has 1 aromatic heterocycles. The Balaban J connectivity index is 2.11. The minimum atomic E-state index is 0.310. The molecule has 0 aliphatic carbocycles. The number of nitrogens with two attached hydrogens (primary N) is 1. The van der Waals surface area contributed by atoms with Crippen molar-refractivity contribution < 1.29 is 0 Å². The van der Waals surface area contributed by atoms with Crippen LogP contribution in [0.3, 0.4) is 0 Å². The van der Waals surface area contributed by atoms with E-state index in [9.17, 15) is 0 Å². The smallest absolute Gasteiger partial charge is 0.0567 e. The normalized spacial score (nSPS) is 12.9. The van der Waals surface area contributed by atoms with E-state index >= 15 is 0 Å². The van der Waals surface area contributed by atoms with Gasteiger partial charge in [-0.25, -0.2) is 0 Å². The minimum absolute atomic E-state index is 0.310. The molecule has 1 atom stereocenters. The highest BCUT2D eigenvalue weighted by Crippen LogP contribution is 2.28. The average Bonchev–Trinajstić information content (AvgIpc) is 2.78. The van der Waals surface area contributed by atoms with Gasteiger partial charge in [0.25, 0.3) is 0 Å². The zero-order chi connectivity index (χ0) is 13.0. The predicted molar refractivity (Wildman–Crippen MR) is 78.8 cm³/mol. The monoisotopic (exact) mass is 260 g/mol. The molecule has 0 fully saturated rings. The van der Waals surface area contributed by atoms with Crippen LogP contribution >= 0.6 is 11.3 Å². The molecule has 0 aliphatic heterocycles. The number of hydrogen-bond acceptors (Lipinski definition) is 3. The minimum Gasteiger partial charge on any atom is -0.329 e. The molecule has 2 rings (SSSR count). The molecule has 0 spiro atoms. The maximum absolute atomic E-state index is 5.95. The number of nitrogens with zero attached hydrogens (tertiary/aromatic N) is 1. The number of rotatable bonds is 5. The van der Waals surface area contributed by atoms with Gasteiger partial charge < -0.3 is 5.73 Å². The van der Waals surface area contributed by atoms with Crippen LogP contribution in [0.2, 0.25) is 0 Å². The molecular formula is C15H20N2S. The first-order chi connectivity index (χ1) is 8.72. The zero-order valence-electron chi connectivity index (χ0n) is 11.0. The molecule has 0 saturated carbocycles. The van der Waals surface area contributed by atoms with Gasteiger partial charge in [0.2, 0.25) is 0 Å². The fourth-order valence-corrected chi connectivity index (χ4v) is 3.30. The molecule has 2 N–H and O–H groups in total. The van der Waals surface area contributed by atoms with Gasteiger partial charge in [0.15, 0.2) is 0 Å². The van der Waals surface area contributed by atoms with Gasteiger partial charge in [-0.05, 0) is 36.5 Å². The van der Waals surface area contributed by atoms with Crippen molar-refractivity contribution in [1.82, 2.24) is 4.90 Å². The lowest BCUT2D eigenvalue weighted by molar-refractivity contribution is 0.244. The Labute approximate surface area is 113 Å². The standard InChI is InChI=1S/C15H20N2S/c1-12-8-9-18-15(12)14(10-16)17(2)11-13-6-4-3-5-7-13/h3-9,14H,10-11,16H2,1-2H3. The average molecular weight is 260 g/mol. The van der Waals surface area contributed by atoms with E-state index in [0.717, 1.165) is 6.54 Å². The van der Waals surface area contributed by atoms with Crippen molar-refractivity contribution in [2.45, 2.75) is 19.5 Å². The van der Waals surface area contributed by atoms with E-state index in [1.54, 1.807) is 11.3 Å². The third-order valence-corrected chi connectivity index (χ3v) is 4.35. The molecule has 1 aromatic carbocycles. The van der Waals surface area contributed by atoms with Crippen molar-refractivity contribution in [3.63, 3.8) is 0 Å². The van der Waals surface area contributed by atoms with Crippen LogP contribution in [0.4, 0.5) is 0 Å². The highest BCUT2D eigenvalue weighted by atomic mass is 32.1. The first kappa shape index (κ1) is 13.3. The summed E-state index contributed by atoms with van der Waals surface area (Å²) in [6.45, 7) is 3.75. The molecule has 18 heavy (non-hydrogen) atoms. The third kappa shape index (κ3) is 2.99. The lowest BCUT2D eigenvalue weighted by Crippen LogP contribution is -2.30. The van der Waals surface area contributed by atoms with Crippen LogP contribution in [0.15, 0.2) is 41.8 Å². The summed E-state index contributed by atoms with van der Waals surface area (Å²) in [5, 5.41) is 2.14. The van der Waals surface area contributed by atoms with Crippen molar-refractivity contribution >= 4 is 11.3 Å². The Kier molecular flexibility index (Phi) is 4.53. The largest absolute Gasteiger partial charge is 0.329 e. The van der Waals surface area contributed by atoms with E-state index in [0.29, 0.717) is 12.6 Å². The van der Waals surface area contributed by atoms with Gasteiger partial charge in [0.1, 0.15) is 0 Å². The molecule has 1 heterocycles. The van der Waals surface area contributed by atoms with E-state index in [1.807, 2.05) is 6.07 Å². The van der Waals surface area contributed by atoms with Crippen LogP contribution in [0, 0.1) is 6.92 Å². The molecule has 2 nitrogen and oxygen atoms in total. The van der Waals surface area contributed by atoms with E-state index in [4.69, 9.17) is 5.73 Å². The lowest BCUT2D eigenvalue weighted by Gasteiger charge is -2.27. The van der Waals surface area contributed by atoms with Gasteiger partial charge in [-0.15, -0.1) is 11.3 Å². The van der Waals surface area contributed by atoms with E-state index < -0.39 is 0 Å². The number of thiophene rings is 1. The Hall–Kier alpha value is -1.16. The number of likely N-dealkylation sites (N-methyl/N-ethyl adjacent to an activating group) is 1. The first-order valence-electron chi connectivity index (χ1n) is 6.20. The van der Waals surface area contributed by atoms with Gasteiger partial charge in [-0.2, -0.15) is 0 Å². The molecular weight excluding hydrogens is 240 g/mol. The van der Waals surface area contributed by atoms with Crippen molar-refractivity contribution in [1.29, 1.82) is 0 Å². The predicted octanol–water partition coefficient (Wildman–Crippen LogP) is 3.19. The van der Waals surface area contributed by atoms with Crippen LogP contribution in [0.25, 0.3) is 0 Å². The fraction of sp³-hybridized carbons (Fsp3) is 0.333. The summed E-state index contributed by atoms with van der Waals surface area (Å²) >= 11 is 1.80. The fourth-order valence-electron chi connectivity index (χ4n) is 2.19. The summed E-state index contributed by atoms with van der Waals surface area (Å²) in [6.07, 6.45) is 0. The second kappa shape index (κ2) is 6.14. The molecule has 3 heteroatoms. The second-order valence-corrected chi connectivity index (χ2v) is 5.57. The molecule has 0 aliphatic rings. The highest BCUT2D eigenvalue weighted by molar-refractivity contribution is 7.10. The second-order valence-electron chi connectivity index (χ2n) is 4.62.